The summed E-state index contributed by atoms with van der Waals surface area (Å²) in [5, 5.41) is 9.23. The molecule has 0 aliphatic carbocycles. The van der Waals surface area contributed by atoms with E-state index in [4.69, 9.17) is 5.73 Å². The van der Waals surface area contributed by atoms with Crippen LogP contribution in [0.2, 0.25) is 0 Å². The van der Waals surface area contributed by atoms with E-state index in [0.29, 0.717) is 0 Å². The first-order valence-electron chi connectivity index (χ1n) is 5.08. The molecule has 7 nitrogen and oxygen atoms in total. The van der Waals surface area contributed by atoms with E-state index in [1.54, 1.807) is 0 Å². The minimum absolute atomic E-state index is 0.0750. The zero-order valence-corrected chi connectivity index (χ0v) is 10.8. The topological polar surface area (TPSA) is 119 Å². The lowest BCUT2D eigenvalue weighted by molar-refractivity contribution is -0.149. The van der Waals surface area contributed by atoms with Crippen LogP contribution in [-0.4, -0.2) is 39.3 Å². The minimum atomic E-state index is -4.19. The molecular weight excluding hydrogens is 279 g/mol. The largest absolute Gasteiger partial charge is 0.467 e. The van der Waals surface area contributed by atoms with Crippen LogP contribution in [0.3, 0.4) is 0 Å². The number of nitrogen functional groups attached to an aromatic ring is 1. The van der Waals surface area contributed by atoms with Gasteiger partial charge in [-0.2, -0.15) is 0 Å². The van der Waals surface area contributed by atoms with E-state index in [0.717, 1.165) is 19.2 Å². The Bertz CT molecular complexity index is 575. The molecule has 0 radical (unpaired) electrons. The highest BCUT2D eigenvalue weighted by Crippen LogP contribution is 2.16. The monoisotopic (exact) mass is 292 g/mol. The summed E-state index contributed by atoms with van der Waals surface area (Å²) in [6.07, 6.45) is -1.67. The number of benzene rings is 1. The maximum absolute atomic E-state index is 13.4. The molecule has 4 N–H and O–H groups in total. The maximum Gasteiger partial charge on any atom is 0.336 e. The van der Waals surface area contributed by atoms with E-state index in [1.165, 1.54) is 6.07 Å². The lowest BCUT2D eigenvalue weighted by Crippen LogP contribution is -2.37. The summed E-state index contributed by atoms with van der Waals surface area (Å²) >= 11 is 0. The number of carbonyl (C=O) groups excluding carboxylic acids is 1. The van der Waals surface area contributed by atoms with Crippen LogP contribution in [0, 0.1) is 5.82 Å². The van der Waals surface area contributed by atoms with Gasteiger partial charge in [0.2, 0.25) is 10.0 Å². The van der Waals surface area contributed by atoms with Gasteiger partial charge in [0.1, 0.15) is 10.7 Å². The molecule has 1 atom stereocenters. The van der Waals surface area contributed by atoms with Gasteiger partial charge in [-0.1, -0.05) is 0 Å². The molecule has 9 heteroatoms. The van der Waals surface area contributed by atoms with E-state index in [-0.39, 0.29) is 5.69 Å². The van der Waals surface area contributed by atoms with Crippen LogP contribution in [0.5, 0.6) is 0 Å². The molecule has 0 aliphatic rings. The van der Waals surface area contributed by atoms with E-state index < -0.39 is 39.4 Å². The molecule has 106 valence electrons. The van der Waals surface area contributed by atoms with Crippen molar-refractivity contribution in [1.82, 2.24) is 4.72 Å². The van der Waals surface area contributed by atoms with Gasteiger partial charge in [0.25, 0.3) is 0 Å². The molecule has 0 heterocycles. The number of carbonyl (C=O) groups is 1. The quantitative estimate of drug-likeness (QED) is 0.484. The maximum atomic E-state index is 13.4. The molecule has 0 spiro atoms. The number of nitrogens with two attached hydrogens (primary N) is 1. The molecule has 0 fully saturated rings. The molecule has 0 aliphatic heterocycles. The van der Waals surface area contributed by atoms with E-state index in [1.807, 2.05) is 4.72 Å². The van der Waals surface area contributed by atoms with Crippen molar-refractivity contribution in [2.45, 2.75) is 11.0 Å². The summed E-state index contributed by atoms with van der Waals surface area (Å²) in [5.41, 5.74) is 5.37. The number of anilines is 1. The predicted octanol–water partition coefficient (Wildman–Crippen LogP) is -0.780. The molecule has 1 aromatic rings. The molecule has 1 rings (SSSR count). The second kappa shape index (κ2) is 5.95. The Morgan fingerprint density at radius 3 is 2.74 bits per heavy atom. The van der Waals surface area contributed by atoms with Crippen molar-refractivity contribution >= 4 is 21.7 Å². The van der Waals surface area contributed by atoms with Gasteiger partial charge in [0, 0.05) is 12.2 Å². The van der Waals surface area contributed by atoms with Gasteiger partial charge in [0.15, 0.2) is 6.10 Å². The van der Waals surface area contributed by atoms with Crippen LogP contribution in [0.15, 0.2) is 23.1 Å². The van der Waals surface area contributed by atoms with Crippen molar-refractivity contribution in [2.75, 3.05) is 19.4 Å². The van der Waals surface area contributed by atoms with Gasteiger partial charge in [-0.15, -0.1) is 0 Å². The summed E-state index contributed by atoms with van der Waals surface area (Å²) in [6, 6.07) is 3.05. The fourth-order valence-electron chi connectivity index (χ4n) is 1.22. The normalized spacial score (nSPS) is 13.0. The number of hydrogen-bond acceptors (Lipinski definition) is 6. The van der Waals surface area contributed by atoms with Crippen molar-refractivity contribution in [1.29, 1.82) is 0 Å². The minimum Gasteiger partial charge on any atom is -0.467 e. The SMILES string of the molecule is COC(=O)C(O)CNS(=O)(=O)c1ccc(N)cc1F. The summed E-state index contributed by atoms with van der Waals surface area (Å²) in [7, 11) is -3.15. The van der Waals surface area contributed by atoms with Crippen LogP contribution >= 0.6 is 0 Å². The summed E-state index contributed by atoms with van der Waals surface area (Å²) in [6.45, 7) is -0.626. The fourth-order valence-corrected chi connectivity index (χ4v) is 2.32. The molecule has 19 heavy (non-hydrogen) atoms. The average molecular weight is 292 g/mol. The third-order valence-electron chi connectivity index (χ3n) is 2.19. The number of halogens is 1. The molecular formula is C10H13FN2O5S. The number of aliphatic hydroxyl groups is 1. The molecule has 0 bridgehead atoms. The Kier molecular flexibility index (Phi) is 4.81. The smallest absolute Gasteiger partial charge is 0.336 e. The number of ether oxygens (including phenoxy) is 1. The summed E-state index contributed by atoms with van der Waals surface area (Å²) in [5.74, 6) is -2.03. The number of aliphatic hydroxyl groups excluding tert-OH is 1. The van der Waals surface area contributed by atoms with Gasteiger partial charge < -0.3 is 15.6 Å². The van der Waals surface area contributed by atoms with Gasteiger partial charge in [-0.25, -0.2) is 22.3 Å². The number of hydrogen-bond donors (Lipinski definition) is 3. The second-order valence-electron chi connectivity index (χ2n) is 3.58. The zero-order valence-electron chi connectivity index (χ0n) is 9.96. The molecule has 0 saturated heterocycles. The Labute approximate surface area is 109 Å². The molecule has 1 aromatic carbocycles. The standard InChI is InChI=1S/C10H13FN2O5S/c1-18-10(15)8(14)5-13-19(16,17)9-3-2-6(12)4-7(9)11/h2-4,8,13-14H,5,12H2,1H3. The third-order valence-corrected chi connectivity index (χ3v) is 3.64. The average Bonchev–Trinajstić information content (AvgIpc) is 2.34. The fraction of sp³-hybridized carbons (Fsp3) is 0.300. The Morgan fingerprint density at radius 2 is 2.21 bits per heavy atom. The molecule has 0 aromatic heterocycles. The van der Waals surface area contributed by atoms with Crippen LogP contribution in [0.1, 0.15) is 0 Å². The van der Waals surface area contributed by atoms with E-state index in [9.17, 15) is 22.7 Å². The highest BCUT2D eigenvalue weighted by Gasteiger charge is 2.23. The van der Waals surface area contributed by atoms with Gasteiger partial charge in [-0.05, 0) is 18.2 Å². The predicted molar refractivity (Wildman–Crippen MR) is 64.0 cm³/mol. The van der Waals surface area contributed by atoms with E-state index >= 15 is 0 Å². The number of nitrogens with one attached hydrogen (secondary N) is 1. The Balaban J connectivity index is 2.85. The first-order valence-corrected chi connectivity index (χ1v) is 6.57. The molecule has 1 unspecified atom stereocenters. The van der Waals surface area contributed by atoms with Crippen LogP contribution in [0.4, 0.5) is 10.1 Å². The van der Waals surface area contributed by atoms with Gasteiger partial charge >= 0.3 is 5.97 Å². The van der Waals surface area contributed by atoms with Crippen molar-refractivity contribution in [2.24, 2.45) is 0 Å². The molecule has 0 amide bonds. The summed E-state index contributed by atoms with van der Waals surface area (Å²) < 4.78 is 43.0. The van der Waals surface area contributed by atoms with Crippen molar-refractivity contribution in [3.8, 4) is 0 Å². The molecule has 0 saturated carbocycles. The lowest BCUT2D eigenvalue weighted by atomic mass is 10.3. The number of methoxy groups -OCH3 is 1. The first kappa shape index (κ1) is 15.3. The van der Waals surface area contributed by atoms with Crippen molar-refractivity contribution in [3.63, 3.8) is 0 Å². The highest BCUT2D eigenvalue weighted by atomic mass is 32.2. The van der Waals surface area contributed by atoms with Crippen molar-refractivity contribution in [3.05, 3.63) is 24.0 Å². The van der Waals surface area contributed by atoms with Gasteiger partial charge in [-0.3, -0.25) is 0 Å². The third kappa shape index (κ3) is 3.88. The van der Waals surface area contributed by atoms with E-state index in [2.05, 4.69) is 4.74 Å². The number of rotatable bonds is 5. The first-order chi connectivity index (χ1) is 8.77. The number of esters is 1. The second-order valence-corrected chi connectivity index (χ2v) is 5.32. The Hall–Kier alpha value is -1.71. The van der Waals surface area contributed by atoms with Gasteiger partial charge in [0.05, 0.1) is 7.11 Å². The summed E-state index contributed by atoms with van der Waals surface area (Å²) in [4.78, 5) is 10.3. The highest BCUT2D eigenvalue weighted by molar-refractivity contribution is 7.89. The van der Waals surface area contributed by atoms with Crippen LogP contribution < -0.4 is 10.5 Å². The number of sulfonamides is 1. The van der Waals surface area contributed by atoms with Crippen LogP contribution in [0.25, 0.3) is 0 Å². The lowest BCUT2D eigenvalue weighted by Gasteiger charge is -2.11. The van der Waals surface area contributed by atoms with Crippen LogP contribution in [-0.2, 0) is 19.6 Å². The Morgan fingerprint density at radius 1 is 1.58 bits per heavy atom. The van der Waals surface area contributed by atoms with Crippen molar-refractivity contribution < 1.29 is 27.4 Å². The zero-order chi connectivity index (χ0) is 14.6.